The third kappa shape index (κ3) is 6.02. The largest absolute Gasteiger partial charge is 0.384 e. The summed E-state index contributed by atoms with van der Waals surface area (Å²) < 4.78 is 5.49. The van der Waals surface area contributed by atoms with Crippen molar-refractivity contribution in [3.05, 3.63) is 36.0 Å². The number of hydrogen-bond donors (Lipinski definition) is 2. The van der Waals surface area contributed by atoms with E-state index in [1.165, 1.54) is 5.56 Å². The number of hydrogen-bond acceptors (Lipinski definition) is 7. The molecule has 0 amide bonds. The Kier molecular flexibility index (Phi) is 8.17. The summed E-state index contributed by atoms with van der Waals surface area (Å²) in [4.78, 5) is 14.9. The van der Waals surface area contributed by atoms with Crippen LogP contribution < -0.4 is 11.1 Å². The van der Waals surface area contributed by atoms with Crippen molar-refractivity contribution in [1.82, 2.24) is 15.0 Å². The second-order valence-corrected chi connectivity index (χ2v) is 9.68. The molecule has 1 aliphatic carbocycles. The fourth-order valence-corrected chi connectivity index (χ4v) is 5.35. The molecule has 7 nitrogen and oxygen atoms in total. The molecule has 2 aromatic heterocycles. The monoisotopic (exact) mass is 453 g/mol. The molecule has 180 valence electrons. The SMILES string of the molecule is CON(C(C)C)C1CCC(c2ccc(NCC3CCOCC3)nc2-c2ccnc(N)c2)CC1. The van der Waals surface area contributed by atoms with Gasteiger partial charge in [-0.05, 0) is 88.0 Å². The molecule has 2 fully saturated rings. The van der Waals surface area contributed by atoms with E-state index in [1.807, 2.05) is 12.1 Å². The summed E-state index contributed by atoms with van der Waals surface area (Å²) in [5, 5.41) is 5.73. The van der Waals surface area contributed by atoms with Crippen LogP contribution in [-0.4, -0.2) is 54.0 Å². The van der Waals surface area contributed by atoms with Crippen LogP contribution in [0.1, 0.15) is 63.9 Å². The Morgan fingerprint density at radius 1 is 1.12 bits per heavy atom. The van der Waals surface area contributed by atoms with Gasteiger partial charge in [0.15, 0.2) is 0 Å². The second kappa shape index (κ2) is 11.3. The summed E-state index contributed by atoms with van der Waals surface area (Å²) in [7, 11) is 1.79. The van der Waals surface area contributed by atoms with Crippen LogP contribution in [0.2, 0.25) is 0 Å². The first-order chi connectivity index (χ1) is 16.0. The summed E-state index contributed by atoms with van der Waals surface area (Å²) in [5.41, 5.74) is 9.40. The Bertz CT molecular complexity index is 892. The number of anilines is 2. The normalized spacial score (nSPS) is 22.1. The lowest BCUT2D eigenvalue weighted by atomic mass is 9.80. The van der Waals surface area contributed by atoms with Gasteiger partial charge in [-0.15, -0.1) is 0 Å². The zero-order valence-corrected chi connectivity index (χ0v) is 20.3. The van der Waals surface area contributed by atoms with Crippen molar-refractivity contribution in [3.8, 4) is 11.3 Å². The average Bonchev–Trinajstić information content (AvgIpc) is 2.84. The average molecular weight is 454 g/mol. The summed E-state index contributed by atoms with van der Waals surface area (Å²) in [6.07, 6.45) is 8.49. The van der Waals surface area contributed by atoms with Crippen LogP contribution in [0, 0.1) is 5.92 Å². The van der Waals surface area contributed by atoms with E-state index in [4.69, 9.17) is 20.3 Å². The van der Waals surface area contributed by atoms with Crippen LogP contribution in [-0.2, 0) is 9.57 Å². The molecule has 1 saturated carbocycles. The van der Waals surface area contributed by atoms with Crippen LogP contribution >= 0.6 is 0 Å². The van der Waals surface area contributed by atoms with Crippen LogP contribution in [0.4, 0.5) is 11.6 Å². The first kappa shape index (κ1) is 23.9. The fourth-order valence-electron chi connectivity index (χ4n) is 5.35. The molecular weight excluding hydrogens is 414 g/mol. The number of hydroxylamine groups is 2. The van der Waals surface area contributed by atoms with Crippen molar-refractivity contribution in [2.75, 3.05) is 37.9 Å². The van der Waals surface area contributed by atoms with E-state index in [2.05, 4.69) is 41.3 Å². The van der Waals surface area contributed by atoms with Crippen molar-refractivity contribution in [2.45, 2.75) is 70.4 Å². The van der Waals surface area contributed by atoms with Gasteiger partial charge in [0.2, 0.25) is 0 Å². The van der Waals surface area contributed by atoms with Gasteiger partial charge < -0.3 is 20.6 Å². The van der Waals surface area contributed by atoms with Crippen LogP contribution in [0.25, 0.3) is 11.3 Å². The predicted octanol–water partition coefficient (Wildman–Crippen LogP) is 4.86. The predicted molar refractivity (Wildman–Crippen MR) is 133 cm³/mol. The van der Waals surface area contributed by atoms with E-state index in [1.54, 1.807) is 13.3 Å². The lowest BCUT2D eigenvalue weighted by molar-refractivity contribution is -0.189. The minimum absolute atomic E-state index is 0.384. The number of ether oxygens (including phenoxy) is 1. The Morgan fingerprint density at radius 3 is 2.55 bits per heavy atom. The van der Waals surface area contributed by atoms with E-state index in [0.29, 0.717) is 29.7 Å². The molecular formula is C26H39N5O2. The standard InChI is InChI=1S/C26H39N5O2/c1-18(2)31(32-3)22-6-4-20(5-7-22)23-8-9-25(29-17-19-11-14-33-15-12-19)30-26(23)21-10-13-28-24(27)16-21/h8-10,13,16,18-20,22H,4-7,11-12,14-15,17H2,1-3H3,(H2,27,28)(H,29,30). The molecule has 1 saturated heterocycles. The molecule has 0 atom stereocenters. The van der Waals surface area contributed by atoms with E-state index in [-0.39, 0.29) is 0 Å². The Labute approximate surface area is 198 Å². The highest BCUT2D eigenvalue weighted by molar-refractivity contribution is 5.68. The smallest absolute Gasteiger partial charge is 0.126 e. The van der Waals surface area contributed by atoms with Gasteiger partial charge in [0.25, 0.3) is 0 Å². The van der Waals surface area contributed by atoms with E-state index in [0.717, 1.165) is 75.4 Å². The van der Waals surface area contributed by atoms with Crippen molar-refractivity contribution in [2.24, 2.45) is 5.92 Å². The van der Waals surface area contributed by atoms with Gasteiger partial charge >= 0.3 is 0 Å². The summed E-state index contributed by atoms with van der Waals surface area (Å²) >= 11 is 0. The fraction of sp³-hybridized carbons (Fsp3) is 0.615. The number of pyridine rings is 2. The molecule has 0 radical (unpaired) electrons. The summed E-state index contributed by atoms with van der Waals surface area (Å²) in [5.74, 6) is 2.57. The van der Waals surface area contributed by atoms with Gasteiger partial charge in [0, 0.05) is 43.6 Å². The third-order valence-electron chi connectivity index (χ3n) is 7.11. The topological polar surface area (TPSA) is 85.5 Å². The van der Waals surface area contributed by atoms with Gasteiger partial charge in [0.1, 0.15) is 11.6 Å². The minimum Gasteiger partial charge on any atom is -0.384 e. The van der Waals surface area contributed by atoms with E-state index >= 15 is 0 Å². The molecule has 7 heteroatoms. The number of nitrogens with two attached hydrogens (primary N) is 1. The lowest BCUT2D eigenvalue weighted by Gasteiger charge is -2.37. The zero-order chi connectivity index (χ0) is 23.2. The van der Waals surface area contributed by atoms with Crippen molar-refractivity contribution in [3.63, 3.8) is 0 Å². The van der Waals surface area contributed by atoms with Crippen LogP contribution in [0.5, 0.6) is 0 Å². The highest BCUT2D eigenvalue weighted by atomic mass is 16.7. The molecule has 33 heavy (non-hydrogen) atoms. The third-order valence-corrected chi connectivity index (χ3v) is 7.11. The zero-order valence-electron chi connectivity index (χ0n) is 20.3. The molecule has 3 N–H and O–H groups in total. The lowest BCUT2D eigenvalue weighted by Crippen LogP contribution is -2.41. The number of nitrogen functional groups attached to an aromatic ring is 1. The van der Waals surface area contributed by atoms with E-state index in [9.17, 15) is 0 Å². The molecule has 1 aliphatic heterocycles. The molecule has 4 rings (SSSR count). The molecule has 0 aromatic carbocycles. The maximum atomic E-state index is 6.03. The molecule has 2 aliphatic rings. The van der Waals surface area contributed by atoms with Crippen molar-refractivity contribution in [1.29, 1.82) is 0 Å². The van der Waals surface area contributed by atoms with Gasteiger partial charge in [-0.25, -0.2) is 9.97 Å². The van der Waals surface area contributed by atoms with Gasteiger partial charge in [0.05, 0.1) is 12.8 Å². The first-order valence-corrected chi connectivity index (χ1v) is 12.4. The van der Waals surface area contributed by atoms with Crippen LogP contribution in [0.3, 0.4) is 0 Å². The molecule has 3 heterocycles. The summed E-state index contributed by atoms with van der Waals surface area (Å²) in [6, 6.07) is 9.22. The quantitative estimate of drug-likeness (QED) is 0.552. The van der Waals surface area contributed by atoms with Gasteiger partial charge in [-0.3, -0.25) is 0 Å². The summed E-state index contributed by atoms with van der Waals surface area (Å²) in [6.45, 7) is 7.04. The number of nitrogens with one attached hydrogen (secondary N) is 1. The van der Waals surface area contributed by atoms with Crippen molar-refractivity contribution < 1.29 is 9.57 Å². The first-order valence-electron chi connectivity index (χ1n) is 12.4. The molecule has 0 unspecified atom stereocenters. The second-order valence-electron chi connectivity index (χ2n) is 9.68. The van der Waals surface area contributed by atoms with Crippen molar-refractivity contribution >= 4 is 11.6 Å². The number of aromatic nitrogens is 2. The van der Waals surface area contributed by atoms with Gasteiger partial charge in [-0.1, -0.05) is 6.07 Å². The highest BCUT2D eigenvalue weighted by Gasteiger charge is 2.30. The Balaban J connectivity index is 1.53. The minimum atomic E-state index is 0.384. The van der Waals surface area contributed by atoms with E-state index < -0.39 is 0 Å². The Hall–Kier alpha value is -2.22. The number of rotatable bonds is 8. The highest BCUT2D eigenvalue weighted by Crippen LogP contribution is 2.39. The maximum absolute atomic E-state index is 6.03. The molecule has 2 aromatic rings. The molecule has 0 spiro atoms. The van der Waals surface area contributed by atoms with Gasteiger partial charge in [-0.2, -0.15) is 5.06 Å². The number of nitrogens with zero attached hydrogens (tertiary/aromatic N) is 3. The maximum Gasteiger partial charge on any atom is 0.126 e. The molecule has 0 bridgehead atoms. The van der Waals surface area contributed by atoms with Crippen LogP contribution in [0.15, 0.2) is 30.5 Å². The Morgan fingerprint density at radius 2 is 1.88 bits per heavy atom.